The van der Waals surface area contributed by atoms with Gasteiger partial charge in [-0.05, 0) is 48.7 Å². The van der Waals surface area contributed by atoms with E-state index in [0.29, 0.717) is 17.9 Å². The molecule has 0 aromatic heterocycles. The van der Waals surface area contributed by atoms with Crippen molar-refractivity contribution in [3.8, 4) is 0 Å². The number of carbonyl (C=O) groups is 3. The summed E-state index contributed by atoms with van der Waals surface area (Å²) in [5, 5.41) is 5.62. The number of carbonyl (C=O) groups excluding carboxylic acids is 3. The molecule has 0 aliphatic carbocycles. The molecule has 0 saturated carbocycles. The zero-order chi connectivity index (χ0) is 21.2. The molecule has 0 fully saturated rings. The monoisotopic (exact) mass is 394 g/mol. The van der Waals surface area contributed by atoms with E-state index in [1.807, 2.05) is 19.9 Å². The maximum Gasteiger partial charge on any atom is 0.330 e. The van der Waals surface area contributed by atoms with Crippen LogP contribution in [0.1, 0.15) is 36.7 Å². The third kappa shape index (κ3) is 6.92. The van der Waals surface area contributed by atoms with Gasteiger partial charge in [0, 0.05) is 17.3 Å². The van der Waals surface area contributed by atoms with E-state index in [9.17, 15) is 14.4 Å². The van der Waals surface area contributed by atoms with Crippen LogP contribution in [0, 0.1) is 5.92 Å². The van der Waals surface area contributed by atoms with Crippen LogP contribution in [0.2, 0.25) is 0 Å². The molecule has 1 unspecified atom stereocenters. The maximum atomic E-state index is 12.7. The first-order valence-electron chi connectivity index (χ1n) is 9.52. The van der Waals surface area contributed by atoms with Gasteiger partial charge in [-0.3, -0.25) is 9.59 Å². The van der Waals surface area contributed by atoms with Crippen molar-refractivity contribution in [1.82, 2.24) is 5.32 Å². The first-order chi connectivity index (χ1) is 13.9. The van der Waals surface area contributed by atoms with Gasteiger partial charge in [0.15, 0.2) is 0 Å². The Morgan fingerprint density at radius 2 is 1.66 bits per heavy atom. The minimum absolute atomic E-state index is 0.0885. The fraction of sp³-hybridized carbons (Fsp3) is 0.261. The Morgan fingerprint density at radius 3 is 2.24 bits per heavy atom. The number of ether oxygens (including phenoxy) is 1. The second kappa shape index (κ2) is 10.8. The van der Waals surface area contributed by atoms with Gasteiger partial charge < -0.3 is 15.4 Å². The highest BCUT2D eigenvalue weighted by Crippen LogP contribution is 2.13. The molecule has 0 bridgehead atoms. The molecule has 1 atom stereocenters. The van der Waals surface area contributed by atoms with Gasteiger partial charge in [-0.2, -0.15) is 0 Å². The summed E-state index contributed by atoms with van der Waals surface area (Å²) in [6.07, 6.45) is 2.99. The number of hydrogen-bond acceptors (Lipinski definition) is 4. The van der Waals surface area contributed by atoms with Crippen molar-refractivity contribution in [2.45, 2.75) is 26.8 Å². The summed E-state index contributed by atoms with van der Waals surface area (Å²) in [4.78, 5) is 36.4. The predicted octanol–water partition coefficient (Wildman–Crippen LogP) is 3.66. The average molecular weight is 394 g/mol. The van der Waals surface area contributed by atoms with Gasteiger partial charge in [-0.15, -0.1) is 0 Å². The molecule has 0 radical (unpaired) electrons. The highest BCUT2D eigenvalue weighted by molar-refractivity contribution is 6.01. The molecular formula is C23H26N2O4. The highest BCUT2D eigenvalue weighted by atomic mass is 16.5. The molecule has 2 amide bonds. The van der Waals surface area contributed by atoms with Crippen LogP contribution in [0.25, 0.3) is 6.08 Å². The van der Waals surface area contributed by atoms with E-state index in [-0.39, 0.29) is 17.7 Å². The van der Waals surface area contributed by atoms with E-state index in [4.69, 9.17) is 4.74 Å². The van der Waals surface area contributed by atoms with Crippen LogP contribution in [-0.2, 0) is 14.3 Å². The van der Waals surface area contributed by atoms with Crippen LogP contribution in [0.4, 0.5) is 5.69 Å². The molecule has 0 saturated heterocycles. The average Bonchev–Trinajstić information content (AvgIpc) is 2.72. The first kappa shape index (κ1) is 21.9. The zero-order valence-electron chi connectivity index (χ0n) is 16.8. The summed E-state index contributed by atoms with van der Waals surface area (Å²) < 4.78 is 4.84. The number of benzene rings is 2. The Kier molecular flexibility index (Phi) is 8.15. The summed E-state index contributed by atoms with van der Waals surface area (Å²) in [6, 6.07) is 15.1. The maximum absolute atomic E-state index is 12.7. The van der Waals surface area contributed by atoms with Gasteiger partial charge in [-0.25, -0.2) is 4.79 Å². The Hall–Kier alpha value is -3.41. The lowest BCUT2D eigenvalue weighted by molar-refractivity contribution is -0.137. The molecular weight excluding hydrogens is 368 g/mol. The molecule has 0 aliphatic heterocycles. The summed E-state index contributed by atoms with van der Waals surface area (Å²) in [5.41, 5.74) is 1.90. The minimum Gasteiger partial charge on any atom is -0.463 e. The van der Waals surface area contributed by atoms with Crippen LogP contribution in [0.3, 0.4) is 0 Å². The normalized spacial score (nSPS) is 11.9. The Bertz CT molecular complexity index is 858. The highest BCUT2D eigenvalue weighted by Gasteiger charge is 2.24. The standard InChI is InChI=1S/C23H26N2O4/c1-4-29-20(26)15-12-17-10-13-19(14-11-17)24-23(28)21(16(2)3)25-22(27)18-8-6-5-7-9-18/h5-16,21H,4H2,1-3H3,(H,24,28)(H,25,27). The molecule has 0 spiro atoms. The van der Waals surface area contributed by atoms with Gasteiger partial charge in [0.1, 0.15) is 6.04 Å². The van der Waals surface area contributed by atoms with Gasteiger partial charge in [0.05, 0.1) is 6.61 Å². The van der Waals surface area contributed by atoms with Crippen LogP contribution >= 0.6 is 0 Å². The van der Waals surface area contributed by atoms with Crippen LogP contribution in [0.5, 0.6) is 0 Å². The van der Waals surface area contributed by atoms with E-state index in [2.05, 4.69) is 10.6 Å². The molecule has 0 heterocycles. The lowest BCUT2D eigenvalue weighted by Crippen LogP contribution is -2.47. The number of rotatable bonds is 8. The number of nitrogens with one attached hydrogen (secondary N) is 2. The molecule has 2 N–H and O–H groups in total. The molecule has 6 heteroatoms. The number of anilines is 1. The van der Waals surface area contributed by atoms with Crippen LogP contribution in [-0.4, -0.2) is 30.4 Å². The fourth-order valence-electron chi connectivity index (χ4n) is 2.60. The lowest BCUT2D eigenvalue weighted by Gasteiger charge is -2.22. The van der Waals surface area contributed by atoms with E-state index >= 15 is 0 Å². The number of amides is 2. The molecule has 6 nitrogen and oxygen atoms in total. The van der Waals surface area contributed by atoms with E-state index in [1.54, 1.807) is 61.5 Å². The van der Waals surface area contributed by atoms with Gasteiger partial charge in [0.2, 0.25) is 5.91 Å². The predicted molar refractivity (Wildman–Crippen MR) is 113 cm³/mol. The Labute approximate surface area is 171 Å². The van der Waals surface area contributed by atoms with Crippen molar-refractivity contribution in [3.63, 3.8) is 0 Å². The lowest BCUT2D eigenvalue weighted by atomic mass is 10.0. The molecule has 0 aliphatic rings. The minimum atomic E-state index is -0.675. The van der Waals surface area contributed by atoms with Crippen LogP contribution < -0.4 is 10.6 Å². The van der Waals surface area contributed by atoms with Crippen molar-refractivity contribution >= 4 is 29.5 Å². The van der Waals surface area contributed by atoms with Gasteiger partial charge in [-0.1, -0.05) is 44.2 Å². The Balaban J connectivity index is 2.00. The van der Waals surface area contributed by atoms with Gasteiger partial charge >= 0.3 is 5.97 Å². The molecule has 2 rings (SSSR count). The zero-order valence-corrected chi connectivity index (χ0v) is 16.8. The molecule has 29 heavy (non-hydrogen) atoms. The van der Waals surface area contributed by atoms with Crippen molar-refractivity contribution in [3.05, 3.63) is 71.8 Å². The van der Waals surface area contributed by atoms with Crippen LogP contribution in [0.15, 0.2) is 60.7 Å². The van der Waals surface area contributed by atoms with Crippen molar-refractivity contribution in [1.29, 1.82) is 0 Å². The van der Waals surface area contributed by atoms with E-state index in [0.717, 1.165) is 5.56 Å². The third-order valence-electron chi connectivity index (χ3n) is 4.15. The molecule has 152 valence electrons. The summed E-state index contributed by atoms with van der Waals surface area (Å²) in [6.45, 7) is 5.82. The summed E-state index contributed by atoms with van der Waals surface area (Å²) >= 11 is 0. The molecule has 2 aromatic carbocycles. The van der Waals surface area contributed by atoms with Gasteiger partial charge in [0.25, 0.3) is 5.91 Å². The topological polar surface area (TPSA) is 84.5 Å². The first-order valence-corrected chi connectivity index (χ1v) is 9.52. The van der Waals surface area contributed by atoms with E-state index < -0.39 is 12.0 Å². The fourth-order valence-corrected chi connectivity index (χ4v) is 2.60. The number of esters is 1. The Morgan fingerprint density at radius 1 is 1.00 bits per heavy atom. The second-order valence-corrected chi connectivity index (χ2v) is 6.76. The summed E-state index contributed by atoms with van der Waals surface area (Å²) in [5.74, 6) is -1.08. The summed E-state index contributed by atoms with van der Waals surface area (Å²) in [7, 11) is 0. The third-order valence-corrected chi connectivity index (χ3v) is 4.15. The van der Waals surface area contributed by atoms with Crippen molar-refractivity contribution < 1.29 is 19.1 Å². The smallest absolute Gasteiger partial charge is 0.330 e. The van der Waals surface area contributed by atoms with Crippen molar-refractivity contribution in [2.24, 2.45) is 5.92 Å². The largest absolute Gasteiger partial charge is 0.463 e. The van der Waals surface area contributed by atoms with Crippen molar-refractivity contribution in [2.75, 3.05) is 11.9 Å². The molecule has 2 aromatic rings. The second-order valence-electron chi connectivity index (χ2n) is 6.76. The van der Waals surface area contributed by atoms with E-state index in [1.165, 1.54) is 6.08 Å². The number of hydrogen-bond donors (Lipinski definition) is 2. The SMILES string of the molecule is CCOC(=O)C=Cc1ccc(NC(=O)C(NC(=O)c2ccccc2)C(C)C)cc1. The quantitative estimate of drug-likeness (QED) is 0.529.